The van der Waals surface area contributed by atoms with Gasteiger partial charge in [0.1, 0.15) is 5.58 Å². The predicted molar refractivity (Wildman–Crippen MR) is 109 cm³/mol. The number of hydrogen-bond donors (Lipinski definition) is 1. The number of sulfonamides is 1. The van der Waals surface area contributed by atoms with Crippen molar-refractivity contribution in [1.82, 2.24) is 14.5 Å². The van der Waals surface area contributed by atoms with Gasteiger partial charge in [0, 0.05) is 38.6 Å². The fourth-order valence-corrected chi connectivity index (χ4v) is 4.37. The molecule has 1 aliphatic heterocycles. The molecule has 2 amide bonds. The Hall–Kier alpha value is -2.39. The number of carbonyl (C=O) groups excluding carboxylic acids is 2. The third kappa shape index (κ3) is 4.45. The smallest absolute Gasteiger partial charge is 0.289 e. The highest BCUT2D eigenvalue weighted by Crippen LogP contribution is 2.26. The molecule has 3 rings (SSSR count). The molecule has 29 heavy (non-hydrogen) atoms. The molecular weight excluding hydrogens is 394 g/mol. The highest BCUT2D eigenvalue weighted by molar-refractivity contribution is 7.89. The molecule has 1 saturated heterocycles. The molecular formula is C20H27N3O5S. The Morgan fingerprint density at radius 1 is 1.24 bits per heavy atom. The molecule has 1 aromatic carbocycles. The number of nitrogens with zero attached hydrogens (tertiary/aromatic N) is 2. The molecule has 0 spiro atoms. The lowest BCUT2D eigenvalue weighted by atomic mass is 9.96. The lowest BCUT2D eigenvalue weighted by Crippen LogP contribution is -2.46. The van der Waals surface area contributed by atoms with Crippen LogP contribution >= 0.6 is 0 Å². The molecule has 8 nitrogen and oxygen atoms in total. The van der Waals surface area contributed by atoms with Crippen LogP contribution in [0.3, 0.4) is 0 Å². The number of nitrogens with one attached hydrogen (secondary N) is 1. The van der Waals surface area contributed by atoms with E-state index in [0.717, 1.165) is 17.1 Å². The quantitative estimate of drug-likeness (QED) is 0.797. The van der Waals surface area contributed by atoms with E-state index in [0.29, 0.717) is 24.1 Å². The zero-order valence-electron chi connectivity index (χ0n) is 17.1. The largest absolute Gasteiger partial charge is 0.451 e. The summed E-state index contributed by atoms with van der Waals surface area (Å²) in [7, 11) is -0.646. The van der Waals surface area contributed by atoms with Crippen LogP contribution < -0.4 is 5.32 Å². The highest BCUT2D eigenvalue weighted by Gasteiger charge is 2.30. The molecule has 2 aromatic rings. The standard InChI is InChI=1S/C20H27N3O5S/c1-13(2)21-19(24)14-6-5-9-23(12-14)20(25)18-11-15-10-16(7-8-17(15)28-18)29(26,27)22(3)4/h7-8,10-11,13-14H,5-6,9,12H2,1-4H3,(H,21,24). The van der Waals surface area contributed by atoms with E-state index in [4.69, 9.17) is 4.42 Å². The molecule has 0 aliphatic carbocycles. The molecule has 1 N–H and O–H groups in total. The fourth-order valence-electron chi connectivity index (χ4n) is 3.43. The lowest BCUT2D eigenvalue weighted by molar-refractivity contribution is -0.126. The third-order valence-electron chi connectivity index (χ3n) is 4.99. The maximum absolute atomic E-state index is 12.9. The van der Waals surface area contributed by atoms with Gasteiger partial charge in [-0.1, -0.05) is 0 Å². The minimum atomic E-state index is -3.57. The Morgan fingerprint density at radius 3 is 2.62 bits per heavy atom. The molecule has 1 fully saturated rings. The minimum absolute atomic E-state index is 0.0411. The first-order chi connectivity index (χ1) is 13.6. The summed E-state index contributed by atoms with van der Waals surface area (Å²) in [6.07, 6.45) is 1.49. The van der Waals surface area contributed by atoms with Gasteiger partial charge in [-0.25, -0.2) is 12.7 Å². The summed E-state index contributed by atoms with van der Waals surface area (Å²) >= 11 is 0. The Labute approximate surface area is 170 Å². The summed E-state index contributed by atoms with van der Waals surface area (Å²) in [6, 6.07) is 6.13. The average Bonchev–Trinajstić information content (AvgIpc) is 3.10. The van der Waals surface area contributed by atoms with Gasteiger partial charge in [0.15, 0.2) is 5.76 Å². The number of piperidine rings is 1. The summed E-state index contributed by atoms with van der Waals surface area (Å²) in [5.74, 6) is -0.429. The van der Waals surface area contributed by atoms with E-state index in [1.54, 1.807) is 17.0 Å². The molecule has 0 radical (unpaired) electrons. The van der Waals surface area contributed by atoms with Gasteiger partial charge in [0.05, 0.1) is 10.8 Å². The first-order valence-electron chi connectivity index (χ1n) is 9.65. The van der Waals surface area contributed by atoms with Crippen LogP contribution in [0.1, 0.15) is 37.2 Å². The molecule has 9 heteroatoms. The first-order valence-corrected chi connectivity index (χ1v) is 11.1. The van der Waals surface area contributed by atoms with Crippen LogP contribution in [0, 0.1) is 5.92 Å². The summed E-state index contributed by atoms with van der Waals surface area (Å²) in [5, 5.41) is 3.45. The van der Waals surface area contributed by atoms with Crippen molar-refractivity contribution in [3.8, 4) is 0 Å². The zero-order valence-corrected chi connectivity index (χ0v) is 18.0. The zero-order chi connectivity index (χ0) is 21.3. The average molecular weight is 422 g/mol. The van der Waals surface area contributed by atoms with Gasteiger partial charge in [-0.2, -0.15) is 0 Å². The Balaban J connectivity index is 1.81. The van der Waals surface area contributed by atoms with Crippen molar-refractivity contribution in [1.29, 1.82) is 0 Å². The second-order valence-corrected chi connectivity index (χ2v) is 10.0. The van der Waals surface area contributed by atoms with E-state index in [1.807, 2.05) is 13.8 Å². The Kier molecular flexibility index (Phi) is 6.00. The molecule has 1 unspecified atom stereocenters. The van der Waals surface area contributed by atoms with E-state index in [1.165, 1.54) is 26.2 Å². The van der Waals surface area contributed by atoms with E-state index in [-0.39, 0.29) is 34.4 Å². The van der Waals surface area contributed by atoms with Crippen LogP contribution in [-0.4, -0.2) is 62.7 Å². The molecule has 1 aromatic heterocycles. The molecule has 158 valence electrons. The number of hydrogen-bond acceptors (Lipinski definition) is 5. The molecule has 2 heterocycles. The monoisotopic (exact) mass is 421 g/mol. The topological polar surface area (TPSA) is 99.9 Å². The van der Waals surface area contributed by atoms with Gasteiger partial charge in [-0.15, -0.1) is 0 Å². The van der Waals surface area contributed by atoms with Crippen LogP contribution in [0.5, 0.6) is 0 Å². The van der Waals surface area contributed by atoms with Crippen molar-refractivity contribution >= 4 is 32.8 Å². The number of benzene rings is 1. The molecule has 0 saturated carbocycles. The fraction of sp³-hybridized carbons (Fsp3) is 0.500. The number of rotatable bonds is 5. The molecule has 0 bridgehead atoms. The van der Waals surface area contributed by atoms with Gasteiger partial charge in [-0.3, -0.25) is 9.59 Å². The molecule has 1 aliphatic rings. The maximum atomic E-state index is 12.9. The van der Waals surface area contributed by atoms with Crippen molar-refractivity contribution in [2.75, 3.05) is 27.2 Å². The van der Waals surface area contributed by atoms with Gasteiger partial charge in [0.2, 0.25) is 15.9 Å². The second kappa shape index (κ2) is 8.16. The third-order valence-corrected chi connectivity index (χ3v) is 6.80. The van der Waals surface area contributed by atoms with Crippen LogP contribution in [0.25, 0.3) is 11.0 Å². The Bertz CT molecular complexity index is 1030. The number of amides is 2. The predicted octanol–water partition coefficient (Wildman–Crippen LogP) is 2.06. The first kappa shape index (κ1) is 21.3. The summed E-state index contributed by atoms with van der Waals surface area (Å²) in [6.45, 7) is 4.71. The number of furan rings is 1. The van der Waals surface area contributed by atoms with Gasteiger partial charge in [-0.05, 0) is 51.0 Å². The van der Waals surface area contributed by atoms with Crippen molar-refractivity contribution in [2.24, 2.45) is 5.92 Å². The van der Waals surface area contributed by atoms with Gasteiger partial charge >= 0.3 is 0 Å². The van der Waals surface area contributed by atoms with Crippen LogP contribution in [0.2, 0.25) is 0 Å². The molecule has 1 atom stereocenters. The van der Waals surface area contributed by atoms with Crippen molar-refractivity contribution < 1.29 is 22.4 Å². The van der Waals surface area contributed by atoms with Crippen LogP contribution in [0.15, 0.2) is 33.6 Å². The number of likely N-dealkylation sites (tertiary alicyclic amines) is 1. The highest BCUT2D eigenvalue weighted by atomic mass is 32.2. The minimum Gasteiger partial charge on any atom is -0.451 e. The summed E-state index contributed by atoms with van der Waals surface area (Å²) in [4.78, 5) is 27.0. The number of carbonyl (C=O) groups is 2. The van der Waals surface area contributed by atoms with E-state index in [9.17, 15) is 18.0 Å². The van der Waals surface area contributed by atoms with Gasteiger partial charge in [0.25, 0.3) is 5.91 Å². The van der Waals surface area contributed by atoms with E-state index < -0.39 is 10.0 Å². The normalized spacial score (nSPS) is 17.9. The van der Waals surface area contributed by atoms with Crippen LogP contribution in [-0.2, 0) is 14.8 Å². The summed E-state index contributed by atoms with van der Waals surface area (Å²) in [5.41, 5.74) is 0.442. The van der Waals surface area contributed by atoms with Gasteiger partial charge < -0.3 is 14.6 Å². The van der Waals surface area contributed by atoms with Crippen LogP contribution in [0.4, 0.5) is 0 Å². The SMILES string of the molecule is CC(C)NC(=O)C1CCCN(C(=O)c2cc3cc(S(=O)(=O)N(C)C)ccc3o2)C1. The van der Waals surface area contributed by atoms with Crippen molar-refractivity contribution in [3.05, 3.63) is 30.0 Å². The Morgan fingerprint density at radius 2 is 1.97 bits per heavy atom. The van der Waals surface area contributed by atoms with E-state index >= 15 is 0 Å². The lowest BCUT2D eigenvalue weighted by Gasteiger charge is -2.31. The van der Waals surface area contributed by atoms with Crippen molar-refractivity contribution in [2.45, 2.75) is 37.6 Å². The van der Waals surface area contributed by atoms with Crippen molar-refractivity contribution in [3.63, 3.8) is 0 Å². The maximum Gasteiger partial charge on any atom is 0.289 e. The number of fused-ring (bicyclic) bond motifs is 1. The van der Waals surface area contributed by atoms with E-state index in [2.05, 4.69) is 5.32 Å². The second-order valence-electron chi connectivity index (χ2n) is 7.85. The summed E-state index contributed by atoms with van der Waals surface area (Å²) < 4.78 is 31.5.